The Morgan fingerprint density at radius 2 is 1.55 bits per heavy atom. The number of carboxylic acid groups (broad SMARTS) is 1. The van der Waals surface area contributed by atoms with Crippen molar-refractivity contribution >= 4 is 5.97 Å². The lowest BCUT2D eigenvalue weighted by molar-refractivity contribution is -0.136. The van der Waals surface area contributed by atoms with E-state index in [4.69, 9.17) is 5.11 Å². The van der Waals surface area contributed by atoms with Crippen molar-refractivity contribution in [3.63, 3.8) is 0 Å². The van der Waals surface area contributed by atoms with Gasteiger partial charge in [0.05, 0.1) is 0 Å². The zero-order chi connectivity index (χ0) is 15.2. The Bertz CT molecular complexity index is 269. The van der Waals surface area contributed by atoms with Crippen molar-refractivity contribution < 1.29 is 9.90 Å². The molecule has 0 fully saturated rings. The first-order valence-corrected chi connectivity index (χ1v) is 8.45. The van der Waals surface area contributed by atoms with E-state index in [2.05, 4.69) is 19.9 Å². The van der Waals surface area contributed by atoms with Crippen molar-refractivity contribution in [1.29, 1.82) is 0 Å². The molecular formula is C18H34O2. The van der Waals surface area contributed by atoms with Crippen molar-refractivity contribution in [2.45, 2.75) is 91.4 Å². The minimum absolute atomic E-state index is 0.257. The van der Waals surface area contributed by atoms with Crippen LogP contribution in [0, 0.1) is 5.92 Å². The summed E-state index contributed by atoms with van der Waals surface area (Å²) in [5.41, 5.74) is 1.22. The van der Waals surface area contributed by atoms with Gasteiger partial charge >= 0.3 is 5.97 Å². The molecular weight excluding hydrogens is 248 g/mol. The highest BCUT2D eigenvalue weighted by Crippen LogP contribution is 2.16. The molecule has 0 amide bonds. The first kappa shape index (κ1) is 19.2. The topological polar surface area (TPSA) is 37.3 Å². The summed E-state index contributed by atoms with van der Waals surface area (Å²) >= 11 is 0. The van der Waals surface area contributed by atoms with Gasteiger partial charge in [0.15, 0.2) is 0 Å². The quantitative estimate of drug-likeness (QED) is 0.334. The SMILES string of the molecule is CCCCCCCCCCC(C)C=C(C)CCC(=O)O. The Balaban J connectivity index is 3.50. The van der Waals surface area contributed by atoms with Crippen LogP contribution in [0.1, 0.15) is 91.4 Å². The summed E-state index contributed by atoms with van der Waals surface area (Å²) < 4.78 is 0. The summed E-state index contributed by atoms with van der Waals surface area (Å²) in [5.74, 6) is -0.114. The molecule has 1 unspecified atom stereocenters. The van der Waals surface area contributed by atoms with Crippen LogP contribution in [-0.4, -0.2) is 11.1 Å². The Hall–Kier alpha value is -0.790. The summed E-state index contributed by atoms with van der Waals surface area (Å²) in [4.78, 5) is 10.5. The van der Waals surface area contributed by atoms with Gasteiger partial charge in [-0.1, -0.05) is 76.9 Å². The van der Waals surface area contributed by atoms with E-state index in [1.54, 1.807) is 0 Å². The maximum absolute atomic E-state index is 10.5. The Kier molecular flexibility index (Phi) is 12.7. The summed E-state index contributed by atoms with van der Waals surface area (Å²) in [6, 6.07) is 0. The molecule has 0 radical (unpaired) electrons. The van der Waals surface area contributed by atoms with Crippen LogP contribution < -0.4 is 0 Å². The fourth-order valence-electron chi connectivity index (χ4n) is 2.56. The monoisotopic (exact) mass is 282 g/mol. The number of rotatable bonds is 13. The largest absolute Gasteiger partial charge is 0.481 e. The highest BCUT2D eigenvalue weighted by Gasteiger charge is 2.02. The predicted molar refractivity (Wildman–Crippen MR) is 87.0 cm³/mol. The number of unbranched alkanes of at least 4 members (excludes halogenated alkanes) is 7. The third-order valence-electron chi connectivity index (χ3n) is 3.82. The molecule has 0 rings (SSSR count). The summed E-state index contributed by atoms with van der Waals surface area (Å²) in [6.45, 7) is 6.55. The molecule has 20 heavy (non-hydrogen) atoms. The number of carboxylic acids is 1. The standard InChI is InChI=1S/C18H34O2/c1-4-5-6-7-8-9-10-11-12-16(2)15-17(3)13-14-18(19)20/h15-16H,4-14H2,1-3H3,(H,19,20). The second-order valence-electron chi connectivity index (χ2n) is 6.15. The Labute approximate surface area is 125 Å². The van der Waals surface area contributed by atoms with Gasteiger partial charge in [0.1, 0.15) is 0 Å². The molecule has 0 aliphatic rings. The van der Waals surface area contributed by atoms with Gasteiger partial charge in [0.25, 0.3) is 0 Å². The van der Waals surface area contributed by atoms with Crippen molar-refractivity contribution in [1.82, 2.24) is 0 Å². The molecule has 0 saturated heterocycles. The molecule has 0 aliphatic heterocycles. The second-order valence-corrected chi connectivity index (χ2v) is 6.15. The lowest BCUT2D eigenvalue weighted by Crippen LogP contribution is -1.96. The smallest absolute Gasteiger partial charge is 0.303 e. The first-order valence-electron chi connectivity index (χ1n) is 8.45. The lowest BCUT2D eigenvalue weighted by atomic mass is 9.98. The number of aliphatic carboxylic acids is 1. The van der Waals surface area contributed by atoms with E-state index in [1.165, 1.54) is 63.4 Å². The molecule has 118 valence electrons. The predicted octanol–water partition coefficient (Wildman–Crippen LogP) is 5.96. The highest BCUT2D eigenvalue weighted by atomic mass is 16.4. The number of hydrogen-bond acceptors (Lipinski definition) is 1. The Morgan fingerprint density at radius 3 is 2.10 bits per heavy atom. The number of allylic oxidation sites excluding steroid dienone is 2. The number of hydrogen-bond donors (Lipinski definition) is 1. The molecule has 0 spiro atoms. The van der Waals surface area contributed by atoms with E-state index in [0.29, 0.717) is 12.3 Å². The summed E-state index contributed by atoms with van der Waals surface area (Å²) in [6.07, 6.45) is 15.4. The van der Waals surface area contributed by atoms with Crippen molar-refractivity contribution in [2.24, 2.45) is 5.92 Å². The molecule has 0 aromatic rings. The van der Waals surface area contributed by atoms with Crippen molar-refractivity contribution in [3.8, 4) is 0 Å². The number of carbonyl (C=O) groups is 1. The molecule has 1 N–H and O–H groups in total. The Morgan fingerprint density at radius 1 is 1.00 bits per heavy atom. The van der Waals surface area contributed by atoms with Crippen LogP contribution in [0.4, 0.5) is 0 Å². The molecule has 0 heterocycles. The van der Waals surface area contributed by atoms with Gasteiger partial charge in [-0.15, -0.1) is 0 Å². The van der Waals surface area contributed by atoms with Crippen LogP contribution >= 0.6 is 0 Å². The van der Waals surface area contributed by atoms with E-state index in [9.17, 15) is 4.79 Å². The third-order valence-corrected chi connectivity index (χ3v) is 3.82. The van der Waals surface area contributed by atoms with Crippen LogP contribution in [0.5, 0.6) is 0 Å². The van der Waals surface area contributed by atoms with Gasteiger partial charge in [0.2, 0.25) is 0 Å². The second kappa shape index (κ2) is 13.2. The first-order chi connectivity index (χ1) is 9.56. The van der Waals surface area contributed by atoms with E-state index >= 15 is 0 Å². The molecule has 0 aromatic carbocycles. The van der Waals surface area contributed by atoms with Crippen LogP contribution in [0.2, 0.25) is 0 Å². The molecule has 0 saturated carbocycles. The highest BCUT2D eigenvalue weighted by molar-refractivity contribution is 5.66. The lowest BCUT2D eigenvalue weighted by Gasteiger charge is -2.08. The fraction of sp³-hybridized carbons (Fsp3) is 0.833. The maximum Gasteiger partial charge on any atom is 0.303 e. The molecule has 2 heteroatoms. The normalized spacial score (nSPS) is 13.4. The average Bonchev–Trinajstić information content (AvgIpc) is 2.39. The van der Waals surface area contributed by atoms with Crippen molar-refractivity contribution in [3.05, 3.63) is 11.6 Å². The van der Waals surface area contributed by atoms with Crippen LogP contribution in [0.3, 0.4) is 0 Å². The van der Waals surface area contributed by atoms with E-state index in [1.807, 2.05) is 6.92 Å². The van der Waals surface area contributed by atoms with Crippen molar-refractivity contribution in [2.75, 3.05) is 0 Å². The fourth-order valence-corrected chi connectivity index (χ4v) is 2.56. The molecule has 1 atom stereocenters. The van der Waals surface area contributed by atoms with Gasteiger partial charge in [-0.05, 0) is 25.7 Å². The molecule has 0 bridgehead atoms. The van der Waals surface area contributed by atoms with Crippen LogP contribution in [-0.2, 0) is 4.79 Å². The van der Waals surface area contributed by atoms with Crippen LogP contribution in [0.15, 0.2) is 11.6 Å². The van der Waals surface area contributed by atoms with Gasteiger partial charge in [-0.3, -0.25) is 4.79 Å². The van der Waals surface area contributed by atoms with Gasteiger partial charge in [0, 0.05) is 6.42 Å². The maximum atomic E-state index is 10.5. The minimum Gasteiger partial charge on any atom is -0.481 e. The van der Waals surface area contributed by atoms with E-state index < -0.39 is 5.97 Å². The van der Waals surface area contributed by atoms with Gasteiger partial charge in [-0.2, -0.15) is 0 Å². The summed E-state index contributed by atoms with van der Waals surface area (Å²) in [5, 5.41) is 8.65. The van der Waals surface area contributed by atoms with Gasteiger partial charge < -0.3 is 5.11 Å². The van der Waals surface area contributed by atoms with Crippen LogP contribution in [0.25, 0.3) is 0 Å². The summed E-state index contributed by atoms with van der Waals surface area (Å²) in [7, 11) is 0. The molecule has 0 aliphatic carbocycles. The minimum atomic E-state index is -0.700. The molecule has 0 aromatic heterocycles. The third kappa shape index (κ3) is 13.6. The van der Waals surface area contributed by atoms with Gasteiger partial charge in [-0.25, -0.2) is 0 Å². The average molecular weight is 282 g/mol. The zero-order valence-electron chi connectivity index (χ0n) is 13.8. The van der Waals surface area contributed by atoms with E-state index in [-0.39, 0.29) is 6.42 Å². The zero-order valence-corrected chi connectivity index (χ0v) is 13.8. The molecule has 2 nitrogen and oxygen atoms in total. The van der Waals surface area contributed by atoms with E-state index in [0.717, 1.165) is 0 Å².